The van der Waals surface area contributed by atoms with Crippen LogP contribution in [0.1, 0.15) is 20.3 Å². The molecule has 4 nitrogen and oxygen atoms in total. The Morgan fingerprint density at radius 3 is 2.53 bits per heavy atom. The van der Waals surface area contributed by atoms with Crippen LogP contribution in [0.5, 0.6) is 0 Å². The molecule has 15 heavy (non-hydrogen) atoms. The smallest absolute Gasteiger partial charge is 0.282 e. The maximum atomic E-state index is 12.5. The topological polar surface area (TPSA) is 61.4 Å². The minimum Gasteiger partial charge on any atom is -0.390 e. The minimum absolute atomic E-state index is 0.0522. The highest BCUT2D eigenvalue weighted by molar-refractivity contribution is 5.76. The Balaban J connectivity index is 3.50. The van der Waals surface area contributed by atoms with Crippen LogP contribution in [-0.2, 0) is 4.79 Å². The van der Waals surface area contributed by atoms with Gasteiger partial charge in [0.05, 0.1) is 6.54 Å². The SMILES string of the molecule is CC(C)NC(=O)CCNCC(F)(F)CO. The number of hydrogen-bond donors (Lipinski definition) is 3. The predicted octanol–water partition coefficient (Wildman–Crippen LogP) is 0.118. The van der Waals surface area contributed by atoms with Gasteiger partial charge < -0.3 is 15.7 Å². The lowest BCUT2D eigenvalue weighted by Crippen LogP contribution is -2.38. The van der Waals surface area contributed by atoms with Gasteiger partial charge in [-0.25, -0.2) is 8.78 Å². The van der Waals surface area contributed by atoms with Crippen molar-refractivity contribution in [3.05, 3.63) is 0 Å². The molecule has 0 saturated heterocycles. The third-order valence-corrected chi connectivity index (χ3v) is 1.59. The molecule has 3 N–H and O–H groups in total. The van der Waals surface area contributed by atoms with Crippen molar-refractivity contribution >= 4 is 5.91 Å². The van der Waals surface area contributed by atoms with Crippen LogP contribution in [0.25, 0.3) is 0 Å². The van der Waals surface area contributed by atoms with E-state index >= 15 is 0 Å². The number of nitrogens with one attached hydrogen (secondary N) is 2. The van der Waals surface area contributed by atoms with Crippen molar-refractivity contribution in [2.24, 2.45) is 0 Å². The van der Waals surface area contributed by atoms with E-state index in [2.05, 4.69) is 10.6 Å². The molecule has 0 aliphatic heterocycles. The number of halogens is 2. The highest BCUT2D eigenvalue weighted by Crippen LogP contribution is 2.09. The average molecular weight is 224 g/mol. The highest BCUT2D eigenvalue weighted by Gasteiger charge is 2.26. The number of hydrogen-bond acceptors (Lipinski definition) is 3. The van der Waals surface area contributed by atoms with E-state index in [0.29, 0.717) is 0 Å². The molecule has 0 saturated carbocycles. The van der Waals surface area contributed by atoms with Crippen LogP contribution in [0.15, 0.2) is 0 Å². The summed E-state index contributed by atoms with van der Waals surface area (Å²) in [6, 6.07) is 0.0522. The summed E-state index contributed by atoms with van der Waals surface area (Å²) in [5.74, 6) is -3.29. The highest BCUT2D eigenvalue weighted by atomic mass is 19.3. The largest absolute Gasteiger partial charge is 0.390 e. The van der Waals surface area contributed by atoms with Gasteiger partial charge in [-0.15, -0.1) is 0 Å². The molecule has 0 spiro atoms. The van der Waals surface area contributed by atoms with Gasteiger partial charge in [0.25, 0.3) is 5.92 Å². The Hall–Kier alpha value is -0.750. The molecule has 0 bridgehead atoms. The maximum absolute atomic E-state index is 12.5. The van der Waals surface area contributed by atoms with Gasteiger partial charge in [-0.3, -0.25) is 4.79 Å². The van der Waals surface area contributed by atoms with Gasteiger partial charge in [0.15, 0.2) is 0 Å². The second-order valence-electron chi connectivity index (χ2n) is 3.66. The fourth-order valence-corrected chi connectivity index (χ4v) is 0.923. The lowest BCUT2D eigenvalue weighted by molar-refractivity contribution is -0.121. The number of aliphatic hydroxyl groups is 1. The molecule has 0 aromatic carbocycles. The zero-order valence-corrected chi connectivity index (χ0v) is 9.02. The summed E-state index contributed by atoms with van der Waals surface area (Å²) in [6.07, 6.45) is 0.152. The van der Waals surface area contributed by atoms with E-state index in [1.165, 1.54) is 0 Å². The van der Waals surface area contributed by atoms with Crippen molar-refractivity contribution in [1.29, 1.82) is 0 Å². The van der Waals surface area contributed by atoms with Gasteiger partial charge in [0.1, 0.15) is 6.61 Å². The average Bonchev–Trinajstić information content (AvgIpc) is 2.11. The standard InChI is InChI=1S/C9H18F2N2O2/c1-7(2)13-8(15)3-4-12-5-9(10,11)6-14/h7,12,14H,3-6H2,1-2H3,(H,13,15). The Kier molecular flexibility index (Phi) is 6.35. The number of alkyl halides is 2. The van der Waals surface area contributed by atoms with Crippen LogP contribution < -0.4 is 10.6 Å². The van der Waals surface area contributed by atoms with E-state index in [1.54, 1.807) is 0 Å². The summed E-state index contributed by atoms with van der Waals surface area (Å²) in [4.78, 5) is 11.1. The first-order valence-corrected chi connectivity index (χ1v) is 4.86. The molecule has 1 amide bonds. The minimum atomic E-state index is -3.12. The molecule has 0 fully saturated rings. The summed E-state index contributed by atoms with van der Waals surface area (Å²) < 4.78 is 24.9. The zero-order chi connectivity index (χ0) is 11.9. The summed E-state index contributed by atoms with van der Waals surface area (Å²) in [5.41, 5.74) is 0. The van der Waals surface area contributed by atoms with Crippen LogP contribution in [0, 0.1) is 0 Å². The molecule has 0 aliphatic rings. The van der Waals surface area contributed by atoms with Gasteiger partial charge in [0, 0.05) is 19.0 Å². The summed E-state index contributed by atoms with van der Waals surface area (Å²) in [5, 5.41) is 13.3. The second kappa shape index (κ2) is 6.68. The molecular weight excluding hydrogens is 206 g/mol. The molecule has 0 aromatic heterocycles. The van der Waals surface area contributed by atoms with Crippen molar-refractivity contribution in [2.75, 3.05) is 19.7 Å². The normalized spacial score (nSPS) is 11.9. The molecular formula is C9H18F2N2O2. The van der Waals surface area contributed by atoms with Crippen molar-refractivity contribution in [2.45, 2.75) is 32.2 Å². The third-order valence-electron chi connectivity index (χ3n) is 1.59. The number of rotatable bonds is 7. The lowest BCUT2D eigenvalue weighted by atomic mass is 10.3. The van der Waals surface area contributed by atoms with Crippen molar-refractivity contribution in [1.82, 2.24) is 10.6 Å². The first-order chi connectivity index (χ1) is 6.87. The first-order valence-electron chi connectivity index (χ1n) is 4.86. The summed E-state index contributed by atoms with van der Waals surface area (Å²) in [6.45, 7) is 2.03. The maximum Gasteiger partial charge on any atom is 0.282 e. The fraction of sp³-hybridized carbons (Fsp3) is 0.889. The van der Waals surface area contributed by atoms with E-state index in [4.69, 9.17) is 5.11 Å². The van der Waals surface area contributed by atoms with E-state index in [-0.39, 0.29) is 24.9 Å². The second-order valence-corrected chi connectivity index (χ2v) is 3.66. The molecule has 6 heteroatoms. The Labute approximate surface area is 88.0 Å². The monoisotopic (exact) mass is 224 g/mol. The number of carbonyl (C=O) groups excluding carboxylic acids is 1. The predicted molar refractivity (Wildman–Crippen MR) is 52.8 cm³/mol. The zero-order valence-electron chi connectivity index (χ0n) is 9.02. The first kappa shape index (κ1) is 14.2. The molecule has 0 radical (unpaired) electrons. The van der Waals surface area contributed by atoms with E-state index < -0.39 is 19.1 Å². The molecule has 0 heterocycles. The van der Waals surface area contributed by atoms with Crippen LogP contribution in [-0.4, -0.2) is 42.7 Å². The van der Waals surface area contributed by atoms with Gasteiger partial charge in [-0.2, -0.15) is 0 Å². The molecule has 0 unspecified atom stereocenters. The van der Waals surface area contributed by atoms with Crippen LogP contribution in [0.3, 0.4) is 0 Å². The Bertz CT molecular complexity index is 199. The van der Waals surface area contributed by atoms with Gasteiger partial charge in [0.2, 0.25) is 5.91 Å². The summed E-state index contributed by atoms with van der Waals surface area (Å²) in [7, 11) is 0. The van der Waals surface area contributed by atoms with Crippen LogP contribution >= 0.6 is 0 Å². The third kappa shape index (κ3) is 8.26. The van der Waals surface area contributed by atoms with Crippen molar-refractivity contribution in [3.8, 4) is 0 Å². The molecule has 0 atom stereocenters. The summed E-state index contributed by atoms with van der Waals surface area (Å²) >= 11 is 0. The molecule has 0 rings (SSSR count). The van der Waals surface area contributed by atoms with Crippen molar-refractivity contribution < 1.29 is 18.7 Å². The number of carbonyl (C=O) groups is 1. The van der Waals surface area contributed by atoms with Crippen LogP contribution in [0.4, 0.5) is 8.78 Å². The Morgan fingerprint density at radius 1 is 1.47 bits per heavy atom. The van der Waals surface area contributed by atoms with E-state index in [9.17, 15) is 13.6 Å². The fourth-order valence-electron chi connectivity index (χ4n) is 0.923. The van der Waals surface area contributed by atoms with Crippen molar-refractivity contribution in [3.63, 3.8) is 0 Å². The Morgan fingerprint density at radius 2 is 2.07 bits per heavy atom. The lowest BCUT2D eigenvalue weighted by Gasteiger charge is -2.14. The van der Waals surface area contributed by atoms with Gasteiger partial charge >= 0.3 is 0 Å². The van der Waals surface area contributed by atoms with Crippen LogP contribution in [0.2, 0.25) is 0 Å². The van der Waals surface area contributed by atoms with Gasteiger partial charge in [-0.1, -0.05) is 0 Å². The quantitative estimate of drug-likeness (QED) is 0.538. The van der Waals surface area contributed by atoms with Gasteiger partial charge in [-0.05, 0) is 13.8 Å². The molecule has 0 aliphatic carbocycles. The van der Waals surface area contributed by atoms with E-state index in [0.717, 1.165) is 0 Å². The molecule has 0 aromatic rings. The van der Waals surface area contributed by atoms with E-state index in [1.807, 2.05) is 13.8 Å². The number of amides is 1. The molecule has 90 valence electrons. The number of aliphatic hydroxyl groups excluding tert-OH is 1.